The summed E-state index contributed by atoms with van der Waals surface area (Å²) in [5.74, 6) is -0.383. The van der Waals surface area contributed by atoms with Gasteiger partial charge < -0.3 is 4.90 Å². The highest BCUT2D eigenvalue weighted by molar-refractivity contribution is 7.89. The highest BCUT2D eigenvalue weighted by atomic mass is 35.5. The second kappa shape index (κ2) is 11.5. The number of nitro groups is 1. The smallest absolute Gasteiger partial charge is 0.289 e. The zero-order valence-corrected chi connectivity index (χ0v) is 24.1. The predicted molar refractivity (Wildman–Crippen MR) is 150 cm³/mol. The topological polar surface area (TPSA) is 104 Å². The predicted octanol–water partition coefficient (Wildman–Crippen LogP) is 4.71. The Labute approximate surface area is 241 Å². The Kier molecular flexibility index (Phi) is 8.25. The summed E-state index contributed by atoms with van der Waals surface area (Å²) >= 11 is 7.54. The Balaban J connectivity index is 1.25. The van der Waals surface area contributed by atoms with E-state index in [4.69, 9.17) is 11.6 Å². The summed E-state index contributed by atoms with van der Waals surface area (Å²) < 4.78 is 41.9. The van der Waals surface area contributed by atoms with Crippen LogP contribution in [0.1, 0.15) is 35.4 Å². The van der Waals surface area contributed by atoms with Crippen LogP contribution in [0.5, 0.6) is 0 Å². The molecule has 2 aliphatic rings. The number of hydrogen-bond acceptors (Lipinski definition) is 7. The summed E-state index contributed by atoms with van der Waals surface area (Å²) in [7, 11) is -4.03. The van der Waals surface area contributed by atoms with Gasteiger partial charge in [0.15, 0.2) is 0 Å². The van der Waals surface area contributed by atoms with Crippen LogP contribution in [0.25, 0.3) is 0 Å². The molecule has 13 heteroatoms. The van der Waals surface area contributed by atoms with Crippen LogP contribution >= 0.6 is 22.9 Å². The number of benzene rings is 2. The van der Waals surface area contributed by atoms with Crippen molar-refractivity contribution in [1.82, 2.24) is 14.1 Å². The molecule has 0 bridgehead atoms. The van der Waals surface area contributed by atoms with Crippen molar-refractivity contribution >= 4 is 44.6 Å². The standard InChI is InChI=1S/C27H28ClFN4O5S2/c1-18-17-31(12-13-32(18)40(37,38)21-5-6-23(28)24(16-21)33(35)36)26(34)8-11-30-10-7-25-22(9-14-39-25)27(30)19-3-2-4-20(29)15-19/h2-6,9,14-16,18,27H,7-8,10-13,17H2,1H3/t18-,27+/m1/s1. The van der Waals surface area contributed by atoms with Crippen LogP contribution in [0.4, 0.5) is 10.1 Å². The second-order valence-corrected chi connectivity index (χ2v) is 13.3. The molecule has 0 N–H and O–H groups in total. The molecular formula is C27H28ClFN4O5S2. The Bertz CT molecular complexity index is 1550. The summed E-state index contributed by atoms with van der Waals surface area (Å²) in [5, 5.41) is 13.1. The van der Waals surface area contributed by atoms with E-state index in [1.54, 1.807) is 35.3 Å². The monoisotopic (exact) mass is 606 g/mol. The minimum absolute atomic E-state index is 0.0690. The van der Waals surface area contributed by atoms with Crippen molar-refractivity contribution in [3.63, 3.8) is 0 Å². The molecule has 0 unspecified atom stereocenters. The van der Waals surface area contributed by atoms with E-state index in [0.29, 0.717) is 6.54 Å². The van der Waals surface area contributed by atoms with Crippen molar-refractivity contribution in [3.8, 4) is 0 Å². The fraction of sp³-hybridized carbons (Fsp3) is 0.370. The average molecular weight is 607 g/mol. The van der Waals surface area contributed by atoms with Gasteiger partial charge >= 0.3 is 0 Å². The number of nitrogens with zero attached hydrogens (tertiary/aromatic N) is 4. The summed E-state index contributed by atoms with van der Waals surface area (Å²) in [5.41, 5.74) is 1.51. The highest BCUT2D eigenvalue weighted by Crippen LogP contribution is 2.38. The van der Waals surface area contributed by atoms with Gasteiger partial charge in [-0.15, -0.1) is 11.3 Å². The van der Waals surface area contributed by atoms with Crippen molar-refractivity contribution in [2.24, 2.45) is 0 Å². The number of carbonyl (C=O) groups excluding carboxylic acids is 1. The van der Waals surface area contributed by atoms with Gasteiger partial charge in [-0.2, -0.15) is 4.31 Å². The molecule has 0 spiro atoms. The van der Waals surface area contributed by atoms with Crippen molar-refractivity contribution in [1.29, 1.82) is 0 Å². The Morgan fingerprint density at radius 2 is 1.98 bits per heavy atom. The number of piperazine rings is 1. The number of carbonyl (C=O) groups is 1. The van der Waals surface area contributed by atoms with Gasteiger partial charge in [0, 0.05) is 56.1 Å². The van der Waals surface area contributed by atoms with Crippen molar-refractivity contribution in [3.05, 3.63) is 90.9 Å². The van der Waals surface area contributed by atoms with Gasteiger partial charge in [0.25, 0.3) is 5.69 Å². The maximum atomic E-state index is 14.1. The van der Waals surface area contributed by atoms with Gasteiger partial charge in [0.1, 0.15) is 10.8 Å². The number of nitro benzene ring substituents is 1. The van der Waals surface area contributed by atoms with E-state index in [1.807, 2.05) is 11.4 Å². The molecular weight excluding hydrogens is 579 g/mol. The molecule has 1 saturated heterocycles. The average Bonchev–Trinajstić information content (AvgIpc) is 3.40. The number of fused-ring (bicyclic) bond motifs is 1. The lowest BCUT2D eigenvalue weighted by Crippen LogP contribution is -2.55. The lowest BCUT2D eigenvalue weighted by molar-refractivity contribution is -0.384. The zero-order valence-electron chi connectivity index (χ0n) is 21.7. The number of amides is 1. The first-order chi connectivity index (χ1) is 19.1. The lowest BCUT2D eigenvalue weighted by Gasteiger charge is -2.40. The third-order valence-corrected chi connectivity index (χ3v) is 10.8. The van der Waals surface area contributed by atoms with Crippen LogP contribution in [0, 0.1) is 15.9 Å². The zero-order chi connectivity index (χ0) is 28.6. The maximum absolute atomic E-state index is 14.1. The molecule has 2 atom stereocenters. The molecule has 2 aromatic carbocycles. The summed E-state index contributed by atoms with van der Waals surface area (Å²) in [6, 6.07) is 11.4. The van der Waals surface area contributed by atoms with Crippen LogP contribution in [0.2, 0.25) is 5.02 Å². The van der Waals surface area contributed by atoms with E-state index in [0.717, 1.165) is 30.2 Å². The van der Waals surface area contributed by atoms with Crippen molar-refractivity contribution in [2.75, 3.05) is 32.7 Å². The first-order valence-corrected chi connectivity index (χ1v) is 15.6. The van der Waals surface area contributed by atoms with E-state index in [1.165, 1.54) is 27.4 Å². The van der Waals surface area contributed by atoms with Gasteiger partial charge in [-0.05, 0) is 60.2 Å². The third-order valence-electron chi connectivity index (χ3n) is 7.48. The molecule has 9 nitrogen and oxygen atoms in total. The molecule has 212 valence electrons. The van der Waals surface area contributed by atoms with Crippen molar-refractivity contribution < 1.29 is 22.5 Å². The van der Waals surface area contributed by atoms with E-state index in [2.05, 4.69) is 11.0 Å². The van der Waals surface area contributed by atoms with Crippen LogP contribution < -0.4 is 0 Å². The number of sulfonamides is 1. The molecule has 1 fully saturated rings. The van der Waals surface area contributed by atoms with Crippen LogP contribution in [0.15, 0.2) is 58.8 Å². The van der Waals surface area contributed by atoms with Crippen LogP contribution in [-0.2, 0) is 21.2 Å². The first kappa shape index (κ1) is 28.6. The fourth-order valence-electron chi connectivity index (χ4n) is 5.53. The molecule has 1 amide bonds. The van der Waals surface area contributed by atoms with Gasteiger partial charge in [-0.25, -0.2) is 12.8 Å². The van der Waals surface area contributed by atoms with E-state index in [9.17, 15) is 27.7 Å². The van der Waals surface area contributed by atoms with E-state index < -0.39 is 26.7 Å². The van der Waals surface area contributed by atoms with Gasteiger partial charge in [-0.3, -0.25) is 19.8 Å². The molecule has 0 saturated carbocycles. The maximum Gasteiger partial charge on any atom is 0.289 e. The summed E-state index contributed by atoms with van der Waals surface area (Å²) in [6.45, 7) is 3.42. The number of halogens is 2. The largest absolute Gasteiger partial charge is 0.340 e. The SMILES string of the molecule is C[C@@H]1CN(C(=O)CCN2CCc3sccc3[C@@H]2c2cccc(F)c2)CCN1S(=O)(=O)c1ccc(Cl)c([N+](=O)[O-])c1. The first-order valence-electron chi connectivity index (χ1n) is 12.9. The highest BCUT2D eigenvalue weighted by Gasteiger charge is 2.37. The quantitative estimate of drug-likeness (QED) is 0.285. The number of hydrogen-bond donors (Lipinski definition) is 0. The molecule has 5 rings (SSSR count). The minimum Gasteiger partial charge on any atom is -0.340 e. The summed E-state index contributed by atoms with van der Waals surface area (Å²) in [6.07, 6.45) is 1.11. The Morgan fingerprint density at radius 1 is 1.18 bits per heavy atom. The number of rotatable bonds is 7. The van der Waals surface area contributed by atoms with E-state index in [-0.39, 0.29) is 53.7 Å². The molecule has 0 radical (unpaired) electrons. The van der Waals surface area contributed by atoms with Crippen molar-refractivity contribution in [2.45, 2.75) is 36.7 Å². The number of thiophene rings is 1. The van der Waals surface area contributed by atoms with E-state index >= 15 is 0 Å². The lowest BCUT2D eigenvalue weighted by atomic mass is 9.93. The molecule has 3 aromatic rings. The second-order valence-electron chi connectivity index (χ2n) is 9.97. The molecule has 1 aromatic heterocycles. The molecule has 40 heavy (non-hydrogen) atoms. The minimum atomic E-state index is -4.03. The molecule has 0 aliphatic carbocycles. The molecule has 2 aliphatic heterocycles. The van der Waals surface area contributed by atoms with Crippen LogP contribution in [-0.4, -0.2) is 72.1 Å². The van der Waals surface area contributed by atoms with Crippen LogP contribution in [0.3, 0.4) is 0 Å². The summed E-state index contributed by atoms with van der Waals surface area (Å²) in [4.78, 5) is 28.7. The Hall–Kier alpha value is -2.90. The van der Waals surface area contributed by atoms with Gasteiger partial charge in [0.2, 0.25) is 15.9 Å². The fourth-order valence-corrected chi connectivity index (χ4v) is 8.25. The normalized spacial score (nSPS) is 20.3. The molecule has 3 heterocycles. The Morgan fingerprint density at radius 3 is 2.70 bits per heavy atom. The van der Waals surface area contributed by atoms with Gasteiger partial charge in [0.05, 0.1) is 15.9 Å². The van der Waals surface area contributed by atoms with Gasteiger partial charge in [-0.1, -0.05) is 23.7 Å². The third kappa shape index (κ3) is 5.64.